The third kappa shape index (κ3) is 12.5. The van der Waals surface area contributed by atoms with Crippen molar-refractivity contribution in [3.05, 3.63) is 208 Å². The van der Waals surface area contributed by atoms with Gasteiger partial charge >= 0.3 is 49.4 Å². The van der Waals surface area contributed by atoms with Crippen LogP contribution in [0.4, 0.5) is 105 Å². The largest absolute Gasteiger partial charge is 0.416 e. The molecule has 1 nitrogen and oxygen atoms in total. The van der Waals surface area contributed by atoms with Crippen LogP contribution in [0.1, 0.15) is 50.1 Å². The van der Waals surface area contributed by atoms with E-state index >= 15 is 0 Å². The Kier molecular flexibility index (Phi) is 15.0. The van der Waals surface area contributed by atoms with Gasteiger partial charge in [0.05, 0.1) is 44.5 Å². The summed E-state index contributed by atoms with van der Waals surface area (Å²) in [5.74, 6) is 0. The zero-order chi connectivity index (χ0) is 58.0. The van der Waals surface area contributed by atoms with Crippen LogP contribution in [-0.2, 0) is 56.0 Å². The summed E-state index contributed by atoms with van der Waals surface area (Å²) in [7, 11) is 0. The van der Waals surface area contributed by atoms with Crippen molar-refractivity contribution >= 4 is 49.5 Å². The number of rotatable bonds is 6. The van der Waals surface area contributed by atoms with Gasteiger partial charge in [-0.05, 0) is 51.9 Å². The molecular formula is C52H28BF24N. The number of pyridine rings is 1. The Labute approximate surface area is 422 Å². The van der Waals surface area contributed by atoms with Crippen molar-refractivity contribution in [1.29, 1.82) is 0 Å². The van der Waals surface area contributed by atoms with Crippen LogP contribution in [-0.4, -0.2) is 6.15 Å². The maximum atomic E-state index is 14.2. The maximum Gasteiger partial charge on any atom is 0.416 e. The summed E-state index contributed by atoms with van der Waals surface area (Å²) >= 11 is 0. The molecule has 8 rings (SSSR count). The van der Waals surface area contributed by atoms with Crippen molar-refractivity contribution in [1.82, 2.24) is 0 Å². The van der Waals surface area contributed by atoms with Gasteiger partial charge in [-0.3, -0.25) is 0 Å². The molecule has 0 spiro atoms. The van der Waals surface area contributed by atoms with Crippen LogP contribution in [0.15, 0.2) is 158 Å². The highest BCUT2D eigenvalue weighted by molar-refractivity contribution is 7.20. The fourth-order valence-electron chi connectivity index (χ4n) is 9.07. The van der Waals surface area contributed by atoms with Gasteiger partial charge in [-0.15, -0.1) is 0 Å². The molecule has 412 valence electrons. The van der Waals surface area contributed by atoms with Crippen LogP contribution in [0.25, 0.3) is 21.5 Å². The lowest BCUT2D eigenvalue weighted by Crippen LogP contribution is -2.75. The smallest absolute Gasteiger partial charge is 0.201 e. The first-order valence-corrected chi connectivity index (χ1v) is 21.9. The number of fused-ring (bicyclic) bond motifs is 2. The molecule has 1 aromatic heterocycles. The Hall–Kier alpha value is -7.41. The maximum absolute atomic E-state index is 14.2. The van der Waals surface area contributed by atoms with Crippen LogP contribution < -0.4 is 26.4 Å². The van der Waals surface area contributed by atoms with Crippen molar-refractivity contribution in [3.8, 4) is 0 Å². The molecule has 0 radical (unpaired) electrons. The molecule has 0 unspecified atom stereocenters. The topological polar surface area (TPSA) is 3.88 Å². The minimum Gasteiger partial charge on any atom is -0.201 e. The Balaban J connectivity index is 0.000000344. The van der Waals surface area contributed by atoms with E-state index in [-0.39, 0.29) is 0 Å². The molecule has 0 atom stereocenters. The lowest BCUT2D eigenvalue weighted by Gasteiger charge is -2.46. The zero-order valence-electron chi connectivity index (χ0n) is 38.3. The van der Waals surface area contributed by atoms with E-state index in [9.17, 15) is 105 Å². The van der Waals surface area contributed by atoms with Crippen molar-refractivity contribution in [2.75, 3.05) is 0 Å². The van der Waals surface area contributed by atoms with E-state index in [1.165, 1.54) is 27.1 Å². The molecule has 8 aromatic rings. The highest BCUT2D eigenvalue weighted by atomic mass is 19.4. The van der Waals surface area contributed by atoms with Crippen LogP contribution in [0.5, 0.6) is 0 Å². The van der Waals surface area contributed by atoms with E-state index in [0.717, 1.165) is 6.54 Å². The third-order valence-corrected chi connectivity index (χ3v) is 12.4. The van der Waals surface area contributed by atoms with Gasteiger partial charge in [0.25, 0.3) is 0 Å². The molecule has 0 bridgehead atoms. The summed E-state index contributed by atoms with van der Waals surface area (Å²) in [6.45, 7) is 0.892. The molecule has 0 aliphatic rings. The highest BCUT2D eigenvalue weighted by Crippen LogP contribution is 2.42. The van der Waals surface area contributed by atoms with E-state index in [2.05, 4.69) is 89.8 Å². The van der Waals surface area contributed by atoms with Gasteiger partial charge in [0.15, 0.2) is 18.9 Å². The zero-order valence-corrected chi connectivity index (χ0v) is 38.3. The molecule has 0 saturated carbocycles. The van der Waals surface area contributed by atoms with Gasteiger partial charge in [-0.25, -0.2) is 4.57 Å². The number of hydrogen-bond donors (Lipinski definition) is 0. The van der Waals surface area contributed by atoms with Crippen molar-refractivity contribution in [2.45, 2.75) is 56.0 Å². The standard InChI is InChI=1S/C32H12BF24.C20H16N/c34-25(35,36)13-1-14(26(37,38)39)6-21(5-13)33(22-7-15(27(40,41)42)2-16(8-22)28(43,44)45,23-9-17(29(46,47)48)3-18(10-23)30(49,50)51)24-11-19(31(52,53)54)4-20(12-24)32(55,56)57;1-6-12-21(13-7-1)15-20-18-10-4-2-8-16(18)14-17-9-3-5-11-19(17)20/h1-12H;1-14H,15H2/q-1;+1. The monoisotopic (exact) mass is 1130 g/mol. The second kappa shape index (κ2) is 20.1. The molecule has 0 saturated heterocycles. The second-order valence-corrected chi connectivity index (χ2v) is 17.6. The first kappa shape index (κ1) is 58.3. The summed E-state index contributed by atoms with van der Waals surface area (Å²) < 4.78 is 343. The first-order chi connectivity index (χ1) is 35.7. The summed E-state index contributed by atoms with van der Waals surface area (Å²) in [6.07, 6.45) is -50.6. The summed E-state index contributed by atoms with van der Waals surface area (Å²) in [5.41, 5.74) is -28.8. The number of benzene rings is 7. The van der Waals surface area contributed by atoms with Gasteiger partial charge in [0.2, 0.25) is 0 Å². The van der Waals surface area contributed by atoms with E-state index in [4.69, 9.17) is 0 Å². The fraction of sp³-hybridized carbons (Fsp3) is 0.173. The Bertz CT molecular complexity index is 3000. The number of hydrogen-bond acceptors (Lipinski definition) is 0. The summed E-state index contributed by atoms with van der Waals surface area (Å²) in [4.78, 5) is 0. The van der Waals surface area contributed by atoms with E-state index in [1.807, 2.05) is 0 Å². The quantitative estimate of drug-likeness (QED) is 0.0676. The molecule has 78 heavy (non-hydrogen) atoms. The van der Waals surface area contributed by atoms with E-state index < -0.39 is 195 Å². The molecule has 0 aliphatic carbocycles. The summed E-state index contributed by atoms with van der Waals surface area (Å²) in [5, 5.41) is 5.30. The van der Waals surface area contributed by atoms with Gasteiger partial charge < -0.3 is 0 Å². The first-order valence-electron chi connectivity index (χ1n) is 21.9. The molecule has 26 heteroatoms. The molecular weight excluding hydrogens is 1110 g/mol. The van der Waals surface area contributed by atoms with Gasteiger partial charge in [-0.2, -0.15) is 127 Å². The minimum absolute atomic E-state index is 0.691. The van der Waals surface area contributed by atoms with E-state index in [0.29, 0.717) is 0 Å². The average molecular weight is 1130 g/mol. The SMILES string of the molecule is FC(F)(F)c1cc([B-](c2cc(C(F)(F)F)cc(C(F)(F)F)c2)(c2cc(C(F)(F)F)cc(C(F)(F)F)c2)c2cc(C(F)(F)F)cc(C(F)(F)F)c2)cc(C(F)(F)F)c1.c1cc[n+](Cc2c3ccccc3cc3ccccc23)cc1. The number of alkyl halides is 24. The Morgan fingerprint density at radius 2 is 0.500 bits per heavy atom. The highest BCUT2D eigenvalue weighted by Gasteiger charge is 2.47. The fourth-order valence-corrected chi connectivity index (χ4v) is 9.07. The second-order valence-electron chi connectivity index (χ2n) is 17.6. The molecule has 0 amide bonds. The predicted molar refractivity (Wildman–Crippen MR) is 237 cm³/mol. The van der Waals surface area contributed by atoms with Crippen molar-refractivity contribution in [3.63, 3.8) is 0 Å². The number of nitrogens with zero attached hydrogens (tertiary/aromatic N) is 1. The lowest BCUT2D eigenvalue weighted by molar-refractivity contribution is -0.688. The molecule has 7 aromatic carbocycles. The molecule has 0 fully saturated rings. The van der Waals surface area contributed by atoms with Crippen LogP contribution in [0.3, 0.4) is 0 Å². The van der Waals surface area contributed by atoms with Crippen LogP contribution in [0, 0.1) is 0 Å². The lowest BCUT2D eigenvalue weighted by atomic mass is 9.12. The third-order valence-electron chi connectivity index (χ3n) is 12.4. The van der Waals surface area contributed by atoms with Crippen molar-refractivity contribution < 1.29 is 110 Å². The molecule has 1 heterocycles. The Morgan fingerprint density at radius 1 is 0.269 bits per heavy atom. The van der Waals surface area contributed by atoms with Crippen LogP contribution in [0.2, 0.25) is 0 Å². The number of halogens is 24. The molecule has 0 N–H and O–H groups in total. The average Bonchev–Trinajstić information content (AvgIpc) is 3.44. The normalized spacial score (nSPS) is 13.4. The van der Waals surface area contributed by atoms with Gasteiger partial charge in [0, 0.05) is 17.7 Å². The Morgan fingerprint density at radius 3 is 0.731 bits per heavy atom. The van der Waals surface area contributed by atoms with Crippen LogP contribution >= 0.6 is 0 Å². The van der Waals surface area contributed by atoms with Gasteiger partial charge in [0.1, 0.15) is 6.15 Å². The van der Waals surface area contributed by atoms with Gasteiger partial charge in [-0.1, -0.05) is 103 Å². The predicted octanol–water partition coefficient (Wildman–Crippen LogP) is 15.5. The summed E-state index contributed by atoms with van der Waals surface area (Å²) in [6, 6.07) is 17.0. The number of aromatic nitrogens is 1. The minimum atomic E-state index is -6.13. The van der Waals surface area contributed by atoms with E-state index in [1.54, 1.807) is 0 Å². The molecule has 0 aliphatic heterocycles. The van der Waals surface area contributed by atoms with Crippen molar-refractivity contribution in [2.24, 2.45) is 0 Å².